The fourth-order valence-electron chi connectivity index (χ4n) is 2.38. The van der Waals surface area contributed by atoms with Gasteiger partial charge in [0.25, 0.3) is 0 Å². The second-order valence-corrected chi connectivity index (χ2v) is 5.75. The Morgan fingerprint density at radius 3 is 1.66 bits per heavy atom. The van der Waals surface area contributed by atoms with Crippen molar-refractivity contribution in [3.05, 3.63) is 58.7 Å². The highest BCUT2D eigenvalue weighted by molar-refractivity contribution is 6.65. The first-order chi connectivity index (χ1) is 13.5. The van der Waals surface area contributed by atoms with Crippen molar-refractivity contribution in [2.45, 2.75) is 19.3 Å². The van der Waals surface area contributed by atoms with Crippen LogP contribution in [0.3, 0.4) is 0 Å². The summed E-state index contributed by atoms with van der Waals surface area (Å²) in [6.07, 6.45) is 1.48. The van der Waals surface area contributed by atoms with Crippen molar-refractivity contribution in [1.29, 1.82) is 5.41 Å². The van der Waals surface area contributed by atoms with Crippen LogP contribution in [0.25, 0.3) is 11.1 Å². The van der Waals surface area contributed by atoms with Gasteiger partial charge >= 0.3 is 0 Å². The summed E-state index contributed by atoms with van der Waals surface area (Å²) in [5, 5.41) is 6.95. The molecular weight excluding hydrogens is 414 g/mol. The average Bonchev–Trinajstić information content (AvgIpc) is 2.69. The highest BCUT2D eigenvalue weighted by atomic mass is 19.2. The largest absolute Gasteiger partial charge is 0.301 e. The van der Waals surface area contributed by atoms with Crippen LogP contribution in [-0.4, -0.2) is 17.3 Å². The van der Waals surface area contributed by atoms with Gasteiger partial charge in [0.1, 0.15) is 0 Å². The Morgan fingerprint density at radius 1 is 0.655 bits per heavy atom. The maximum absolute atomic E-state index is 13.4. The molecule has 0 unspecified atom stereocenters. The molecule has 3 rings (SSSR count). The van der Waals surface area contributed by atoms with Gasteiger partial charge in [-0.05, 0) is 25.0 Å². The smallest absolute Gasteiger partial charge is 0.241 e. The van der Waals surface area contributed by atoms with Crippen LogP contribution in [0.15, 0.2) is 12.1 Å². The number of hydrogen-bond donors (Lipinski definition) is 1. The lowest BCUT2D eigenvalue weighted by Crippen LogP contribution is -2.27. The third-order valence-corrected chi connectivity index (χ3v) is 3.87. The molecule has 154 valence electrons. The molecule has 1 saturated carbocycles. The van der Waals surface area contributed by atoms with Gasteiger partial charge in [0.15, 0.2) is 40.7 Å². The third-order valence-electron chi connectivity index (χ3n) is 3.87. The lowest BCUT2D eigenvalue weighted by Gasteiger charge is -2.09. The number of halogens is 8. The van der Waals surface area contributed by atoms with E-state index in [0.29, 0.717) is 31.4 Å². The van der Waals surface area contributed by atoms with Crippen molar-refractivity contribution < 1.29 is 44.7 Å². The topological polar surface area (TPSA) is 58.0 Å². The molecule has 1 aliphatic carbocycles. The molecule has 0 aliphatic heterocycles. The number of carbonyl (C=O) groups excluding carboxylic acids is 2. The van der Waals surface area contributed by atoms with Gasteiger partial charge in [-0.25, -0.2) is 35.1 Å². The van der Waals surface area contributed by atoms with Gasteiger partial charge in [-0.3, -0.25) is 9.59 Å². The minimum Gasteiger partial charge on any atom is -0.301 e. The molecule has 0 amide bonds. The quantitative estimate of drug-likeness (QED) is 0.310. The standard InChI is InChI=1S/C12H2F8.C6H7NO2/c13-4-2-1-3(6(14)7(4)15)5-8(16)10(18)12(20)11(19)9(5)17;7-4-2-1-3-5(8)6(4)9/h1-2H;7H,1-3H2. The number of carbonyl (C=O) groups is 2. The Labute approximate surface area is 157 Å². The normalized spacial score (nSPS) is 14.0. The second kappa shape index (κ2) is 8.50. The van der Waals surface area contributed by atoms with Crippen LogP contribution in [0.5, 0.6) is 0 Å². The summed E-state index contributed by atoms with van der Waals surface area (Å²) in [5.74, 6) is -18.6. The zero-order valence-corrected chi connectivity index (χ0v) is 14.1. The number of nitrogens with one attached hydrogen (secondary N) is 1. The van der Waals surface area contributed by atoms with E-state index in [9.17, 15) is 44.7 Å². The Morgan fingerprint density at radius 2 is 1.17 bits per heavy atom. The predicted molar refractivity (Wildman–Crippen MR) is 83.1 cm³/mol. The third kappa shape index (κ3) is 4.17. The number of hydrogen-bond acceptors (Lipinski definition) is 3. The Kier molecular flexibility index (Phi) is 6.50. The van der Waals surface area contributed by atoms with Gasteiger partial charge in [0.05, 0.1) is 11.3 Å². The average molecular weight is 423 g/mol. The van der Waals surface area contributed by atoms with Crippen molar-refractivity contribution in [3.63, 3.8) is 0 Å². The van der Waals surface area contributed by atoms with Crippen LogP contribution in [0, 0.1) is 51.9 Å². The number of benzene rings is 2. The van der Waals surface area contributed by atoms with E-state index < -0.39 is 69.2 Å². The molecule has 0 radical (unpaired) electrons. The van der Waals surface area contributed by atoms with E-state index in [1.165, 1.54) is 0 Å². The second-order valence-electron chi connectivity index (χ2n) is 5.75. The van der Waals surface area contributed by atoms with Crippen LogP contribution < -0.4 is 0 Å². The van der Waals surface area contributed by atoms with Crippen LogP contribution in [0.4, 0.5) is 35.1 Å². The summed E-state index contributed by atoms with van der Waals surface area (Å²) in [4.78, 5) is 21.1. The van der Waals surface area contributed by atoms with Gasteiger partial charge in [0, 0.05) is 12.0 Å². The maximum atomic E-state index is 13.4. The summed E-state index contributed by atoms with van der Waals surface area (Å²) in [6, 6.07) is 0.665. The van der Waals surface area contributed by atoms with E-state index in [4.69, 9.17) is 5.41 Å². The fourth-order valence-corrected chi connectivity index (χ4v) is 2.38. The lowest BCUT2D eigenvalue weighted by atomic mass is 9.96. The molecule has 0 heterocycles. The molecule has 0 spiro atoms. The van der Waals surface area contributed by atoms with Crippen molar-refractivity contribution in [1.82, 2.24) is 0 Å². The molecule has 0 saturated heterocycles. The van der Waals surface area contributed by atoms with Gasteiger partial charge < -0.3 is 5.41 Å². The molecule has 2 aromatic carbocycles. The SMILES string of the molecule is Fc1ccc(-c2c(F)c(F)c(F)c(F)c2F)c(F)c1F.N=C1CCCC(=O)C1=O. The molecule has 0 bridgehead atoms. The van der Waals surface area contributed by atoms with E-state index in [-0.39, 0.29) is 5.71 Å². The number of Topliss-reactive ketones (excluding diaryl/α,β-unsaturated/α-hetero) is 2. The Balaban J connectivity index is 0.000000278. The zero-order valence-electron chi connectivity index (χ0n) is 14.1. The molecule has 1 fully saturated rings. The molecule has 2 aromatic rings. The van der Waals surface area contributed by atoms with Crippen LogP contribution in [-0.2, 0) is 9.59 Å². The van der Waals surface area contributed by atoms with Crippen molar-refractivity contribution in [3.8, 4) is 11.1 Å². The van der Waals surface area contributed by atoms with Gasteiger partial charge in [0.2, 0.25) is 17.4 Å². The summed E-state index contributed by atoms with van der Waals surface area (Å²) in [6.45, 7) is 0. The van der Waals surface area contributed by atoms with Crippen LogP contribution in [0.2, 0.25) is 0 Å². The summed E-state index contributed by atoms with van der Waals surface area (Å²) in [5.41, 5.74) is -2.97. The summed E-state index contributed by atoms with van der Waals surface area (Å²) < 4.78 is 105. The Hall–Kier alpha value is -3.11. The molecule has 0 aromatic heterocycles. The van der Waals surface area contributed by atoms with E-state index in [1.54, 1.807) is 0 Å². The van der Waals surface area contributed by atoms with E-state index in [2.05, 4.69) is 0 Å². The zero-order chi connectivity index (χ0) is 22.0. The number of rotatable bonds is 1. The van der Waals surface area contributed by atoms with Gasteiger partial charge in [-0.15, -0.1) is 0 Å². The van der Waals surface area contributed by atoms with E-state index >= 15 is 0 Å². The van der Waals surface area contributed by atoms with E-state index in [0.717, 1.165) is 0 Å². The molecule has 29 heavy (non-hydrogen) atoms. The summed E-state index contributed by atoms with van der Waals surface area (Å²) in [7, 11) is 0. The molecular formula is C18H9F8NO2. The Bertz CT molecular complexity index is 988. The van der Waals surface area contributed by atoms with Gasteiger partial charge in [-0.2, -0.15) is 0 Å². The molecule has 1 N–H and O–H groups in total. The fraction of sp³-hybridized carbons (Fsp3) is 0.167. The van der Waals surface area contributed by atoms with Crippen LogP contribution >= 0.6 is 0 Å². The van der Waals surface area contributed by atoms with E-state index in [1.807, 2.05) is 0 Å². The summed E-state index contributed by atoms with van der Waals surface area (Å²) >= 11 is 0. The molecule has 0 atom stereocenters. The molecule has 3 nitrogen and oxygen atoms in total. The minimum atomic E-state index is -2.44. The maximum Gasteiger partial charge on any atom is 0.241 e. The minimum absolute atomic E-state index is 0.0220. The first-order valence-corrected chi connectivity index (χ1v) is 7.79. The lowest BCUT2D eigenvalue weighted by molar-refractivity contribution is -0.133. The first kappa shape index (κ1) is 22.2. The molecule has 11 heteroatoms. The van der Waals surface area contributed by atoms with Crippen LogP contribution in [0.1, 0.15) is 19.3 Å². The van der Waals surface area contributed by atoms with Crippen molar-refractivity contribution in [2.24, 2.45) is 0 Å². The monoisotopic (exact) mass is 423 g/mol. The predicted octanol–water partition coefficient (Wildman–Crippen LogP) is 4.79. The van der Waals surface area contributed by atoms with Gasteiger partial charge in [-0.1, -0.05) is 0 Å². The highest BCUT2D eigenvalue weighted by Crippen LogP contribution is 2.34. The first-order valence-electron chi connectivity index (χ1n) is 7.79. The van der Waals surface area contributed by atoms with Crippen molar-refractivity contribution >= 4 is 17.3 Å². The number of ketones is 2. The highest BCUT2D eigenvalue weighted by Gasteiger charge is 2.29. The molecule has 1 aliphatic rings. The van der Waals surface area contributed by atoms with Crippen molar-refractivity contribution in [2.75, 3.05) is 0 Å².